The molecular weight excluding hydrogens is 440 g/mol. The molecule has 156 valence electrons. The second-order valence-corrected chi connectivity index (χ2v) is 8.22. The van der Waals surface area contributed by atoms with Crippen LogP contribution in [0.1, 0.15) is 16.9 Å². The lowest BCUT2D eigenvalue weighted by molar-refractivity contribution is -0.385. The normalized spacial score (nSPS) is 15.2. The zero-order valence-corrected chi connectivity index (χ0v) is 17.8. The van der Waals surface area contributed by atoms with Gasteiger partial charge in [0.25, 0.3) is 16.8 Å². The van der Waals surface area contributed by atoms with E-state index in [-0.39, 0.29) is 22.7 Å². The Kier molecular flexibility index (Phi) is 5.67. The number of imide groups is 1. The molecule has 7 nitrogen and oxygen atoms in total. The summed E-state index contributed by atoms with van der Waals surface area (Å²) in [5.74, 6) is 0.458. The van der Waals surface area contributed by atoms with Gasteiger partial charge in [-0.05, 0) is 42.4 Å². The number of thioether (sulfide) groups is 1. The van der Waals surface area contributed by atoms with Crippen molar-refractivity contribution in [3.05, 3.63) is 91.5 Å². The standard InChI is InChI=1S/C22H15ClN2O5S/c1-13-6-7-14(10-17(13)23)19-9-8-16(30-19)11-20-21(26)24(22(27)31-20)12-15-4-2-3-5-18(15)25(28)29/h2-11H,12H2,1H3/b20-11-. The van der Waals surface area contributed by atoms with Crippen LogP contribution in [-0.2, 0) is 11.3 Å². The first kappa shape index (κ1) is 20.9. The zero-order valence-electron chi connectivity index (χ0n) is 16.2. The molecule has 4 rings (SSSR count). The minimum Gasteiger partial charge on any atom is -0.457 e. The van der Waals surface area contributed by atoms with Crippen molar-refractivity contribution in [2.75, 3.05) is 0 Å². The van der Waals surface area contributed by atoms with E-state index in [0.717, 1.165) is 27.8 Å². The fraction of sp³-hybridized carbons (Fsp3) is 0.0909. The number of nitro groups is 1. The molecule has 2 heterocycles. The number of para-hydroxylation sites is 1. The molecule has 31 heavy (non-hydrogen) atoms. The monoisotopic (exact) mass is 454 g/mol. The maximum absolute atomic E-state index is 12.8. The zero-order chi connectivity index (χ0) is 22.1. The SMILES string of the molecule is Cc1ccc(-c2ccc(/C=C3\SC(=O)N(Cc4ccccc4[N+](=O)[O-])C3=O)o2)cc1Cl. The fourth-order valence-corrected chi connectivity index (χ4v) is 4.09. The van der Waals surface area contributed by atoms with Crippen molar-refractivity contribution in [3.63, 3.8) is 0 Å². The predicted molar refractivity (Wildman–Crippen MR) is 119 cm³/mol. The summed E-state index contributed by atoms with van der Waals surface area (Å²) in [7, 11) is 0. The van der Waals surface area contributed by atoms with Crippen molar-refractivity contribution < 1.29 is 18.9 Å². The molecule has 0 saturated carbocycles. The van der Waals surface area contributed by atoms with Gasteiger partial charge in [0.2, 0.25) is 0 Å². The lowest BCUT2D eigenvalue weighted by Gasteiger charge is -2.12. The van der Waals surface area contributed by atoms with E-state index < -0.39 is 16.1 Å². The maximum Gasteiger partial charge on any atom is 0.293 e. The first-order valence-corrected chi connectivity index (χ1v) is 10.4. The van der Waals surface area contributed by atoms with Crippen LogP contribution in [0, 0.1) is 17.0 Å². The molecule has 1 saturated heterocycles. The molecule has 1 fully saturated rings. The third kappa shape index (κ3) is 4.26. The Hall–Kier alpha value is -3.36. The third-order valence-corrected chi connectivity index (χ3v) is 6.06. The van der Waals surface area contributed by atoms with Crippen LogP contribution in [0.25, 0.3) is 17.4 Å². The summed E-state index contributed by atoms with van der Waals surface area (Å²) in [4.78, 5) is 37.0. The number of nitrogens with zero attached hydrogens (tertiary/aromatic N) is 2. The first-order valence-electron chi connectivity index (χ1n) is 9.17. The van der Waals surface area contributed by atoms with E-state index in [2.05, 4.69) is 0 Å². The Morgan fingerprint density at radius 3 is 2.68 bits per heavy atom. The molecule has 1 aliphatic rings. The van der Waals surface area contributed by atoms with E-state index in [1.807, 2.05) is 19.1 Å². The van der Waals surface area contributed by atoms with Crippen LogP contribution >= 0.6 is 23.4 Å². The number of hydrogen-bond acceptors (Lipinski definition) is 6. The molecule has 2 amide bonds. The molecule has 3 aromatic rings. The van der Waals surface area contributed by atoms with Crippen LogP contribution < -0.4 is 0 Å². The van der Waals surface area contributed by atoms with Gasteiger partial charge in [-0.1, -0.05) is 41.9 Å². The van der Waals surface area contributed by atoms with Crippen molar-refractivity contribution >= 4 is 46.3 Å². The maximum atomic E-state index is 12.8. The van der Waals surface area contributed by atoms with E-state index in [0.29, 0.717) is 16.5 Å². The number of halogens is 1. The second kappa shape index (κ2) is 8.41. The van der Waals surface area contributed by atoms with E-state index in [4.69, 9.17) is 16.0 Å². The van der Waals surface area contributed by atoms with E-state index >= 15 is 0 Å². The smallest absolute Gasteiger partial charge is 0.293 e. The summed E-state index contributed by atoms with van der Waals surface area (Å²) < 4.78 is 5.79. The number of carbonyl (C=O) groups is 2. The second-order valence-electron chi connectivity index (χ2n) is 6.82. The Labute approximate surface area is 186 Å². The molecule has 0 bridgehead atoms. The molecule has 1 aromatic heterocycles. The summed E-state index contributed by atoms with van der Waals surface area (Å²) in [6.45, 7) is 1.73. The Morgan fingerprint density at radius 1 is 1.16 bits per heavy atom. The average Bonchev–Trinajstić information content (AvgIpc) is 3.31. The summed E-state index contributed by atoms with van der Waals surface area (Å²) in [5, 5.41) is 11.3. The van der Waals surface area contributed by atoms with Crippen LogP contribution in [0.15, 0.2) is 63.9 Å². The number of nitro benzene ring substituents is 1. The van der Waals surface area contributed by atoms with Crippen LogP contribution in [0.2, 0.25) is 5.02 Å². The van der Waals surface area contributed by atoms with Crippen LogP contribution in [0.5, 0.6) is 0 Å². The van der Waals surface area contributed by atoms with Gasteiger partial charge in [-0.3, -0.25) is 24.6 Å². The van der Waals surface area contributed by atoms with Crippen molar-refractivity contribution in [2.24, 2.45) is 0 Å². The van der Waals surface area contributed by atoms with Gasteiger partial charge in [-0.25, -0.2) is 0 Å². The van der Waals surface area contributed by atoms with Gasteiger partial charge in [0.15, 0.2) is 0 Å². The minimum absolute atomic E-state index is 0.141. The molecule has 9 heteroatoms. The molecule has 0 radical (unpaired) electrons. The number of furan rings is 1. The summed E-state index contributed by atoms with van der Waals surface area (Å²) in [6, 6.07) is 15.0. The third-order valence-electron chi connectivity index (χ3n) is 4.75. The molecular formula is C22H15ClN2O5S. The van der Waals surface area contributed by atoms with Crippen LogP contribution in [0.4, 0.5) is 10.5 Å². The van der Waals surface area contributed by atoms with Crippen molar-refractivity contribution in [3.8, 4) is 11.3 Å². The van der Waals surface area contributed by atoms with Gasteiger partial charge in [-0.15, -0.1) is 0 Å². The number of hydrogen-bond donors (Lipinski definition) is 0. The van der Waals surface area contributed by atoms with Gasteiger partial charge in [0, 0.05) is 28.3 Å². The summed E-state index contributed by atoms with van der Waals surface area (Å²) in [6.07, 6.45) is 1.49. The Bertz CT molecular complexity index is 1250. The van der Waals surface area contributed by atoms with E-state index in [1.165, 1.54) is 24.3 Å². The van der Waals surface area contributed by atoms with Gasteiger partial charge in [0.1, 0.15) is 11.5 Å². The molecule has 0 atom stereocenters. The van der Waals surface area contributed by atoms with Gasteiger partial charge in [0.05, 0.1) is 16.4 Å². The molecule has 0 spiro atoms. The fourth-order valence-electron chi connectivity index (χ4n) is 3.09. The quantitative estimate of drug-likeness (QED) is 0.264. The molecule has 1 aliphatic heterocycles. The highest BCUT2D eigenvalue weighted by Gasteiger charge is 2.36. The summed E-state index contributed by atoms with van der Waals surface area (Å²) in [5.41, 5.74) is 1.88. The summed E-state index contributed by atoms with van der Waals surface area (Å²) >= 11 is 6.94. The average molecular weight is 455 g/mol. The topological polar surface area (TPSA) is 93.7 Å². The van der Waals surface area contributed by atoms with Gasteiger partial charge < -0.3 is 4.42 Å². The van der Waals surface area contributed by atoms with Gasteiger partial charge >= 0.3 is 0 Å². The number of rotatable bonds is 5. The number of aryl methyl sites for hydroxylation is 1. The Balaban J connectivity index is 1.56. The highest BCUT2D eigenvalue weighted by molar-refractivity contribution is 8.18. The van der Waals surface area contributed by atoms with Gasteiger partial charge in [-0.2, -0.15) is 0 Å². The van der Waals surface area contributed by atoms with Crippen LogP contribution in [0.3, 0.4) is 0 Å². The first-order chi connectivity index (χ1) is 14.8. The largest absolute Gasteiger partial charge is 0.457 e. The molecule has 0 unspecified atom stereocenters. The van der Waals surface area contributed by atoms with E-state index in [1.54, 1.807) is 24.3 Å². The molecule has 0 N–H and O–H groups in total. The Morgan fingerprint density at radius 2 is 1.94 bits per heavy atom. The van der Waals surface area contributed by atoms with Crippen molar-refractivity contribution in [1.29, 1.82) is 0 Å². The lowest BCUT2D eigenvalue weighted by atomic mass is 10.1. The number of carbonyl (C=O) groups excluding carboxylic acids is 2. The number of benzene rings is 2. The highest BCUT2D eigenvalue weighted by Crippen LogP contribution is 2.35. The van der Waals surface area contributed by atoms with Crippen LogP contribution in [-0.4, -0.2) is 21.0 Å². The van der Waals surface area contributed by atoms with Crippen molar-refractivity contribution in [1.82, 2.24) is 4.90 Å². The molecule has 0 aliphatic carbocycles. The lowest BCUT2D eigenvalue weighted by Crippen LogP contribution is -2.27. The number of amides is 2. The van der Waals surface area contributed by atoms with Crippen molar-refractivity contribution in [2.45, 2.75) is 13.5 Å². The predicted octanol–water partition coefficient (Wildman–Crippen LogP) is 6.05. The highest BCUT2D eigenvalue weighted by atomic mass is 35.5. The molecule has 2 aromatic carbocycles. The van der Waals surface area contributed by atoms with E-state index in [9.17, 15) is 19.7 Å². The minimum atomic E-state index is -0.536.